The fourth-order valence-corrected chi connectivity index (χ4v) is 6.59. The standard InChI is InChI=1S/C30H21N5O/c31-14-23-21-12-13-35(15-19-6-2-1-3-7-19)16-25(21)30(29(17-32,18-33)27(23)34)24-11-5-9-20-8-4-10-22(26(20)24)28(30)36/h1-12,25H,13,15-16,34H2. The smallest absolute Gasteiger partial charge is 0.201 e. The molecule has 6 heteroatoms. The van der Waals surface area contributed by atoms with Gasteiger partial charge in [0.25, 0.3) is 0 Å². The molecule has 3 aromatic carbocycles. The van der Waals surface area contributed by atoms with Crippen molar-refractivity contribution in [3.05, 3.63) is 106 Å². The van der Waals surface area contributed by atoms with Crippen LogP contribution in [0.4, 0.5) is 0 Å². The van der Waals surface area contributed by atoms with Crippen molar-refractivity contribution in [3.63, 3.8) is 0 Å². The van der Waals surface area contributed by atoms with Crippen LogP contribution in [0.1, 0.15) is 21.5 Å². The molecule has 3 aromatic rings. The molecule has 172 valence electrons. The van der Waals surface area contributed by atoms with E-state index in [1.54, 1.807) is 6.07 Å². The van der Waals surface area contributed by atoms with Crippen LogP contribution in [0.5, 0.6) is 0 Å². The lowest BCUT2D eigenvalue weighted by molar-refractivity contribution is 0.0685. The molecule has 1 aliphatic heterocycles. The molecule has 2 N–H and O–H groups in total. The summed E-state index contributed by atoms with van der Waals surface area (Å²) >= 11 is 0. The first-order valence-corrected chi connectivity index (χ1v) is 11.8. The molecule has 0 saturated carbocycles. The van der Waals surface area contributed by atoms with Gasteiger partial charge in [0.2, 0.25) is 5.41 Å². The number of nitriles is 3. The van der Waals surface area contributed by atoms with Crippen molar-refractivity contribution in [2.75, 3.05) is 13.1 Å². The molecule has 1 heterocycles. The summed E-state index contributed by atoms with van der Waals surface area (Å²) in [6.07, 6.45) is 1.94. The number of nitrogens with two attached hydrogens (primary N) is 1. The van der Waals surface area contributed by atoms with E-state index in [2.05, 4.69) is 23.1 Å². The van der Waals surface area contributed by atoms with Crippen LogP contribution in [0.2, 0.25) is 0 Å². The Labute approximate surface area is 208 Å². The Kier molecular flexibility index (Phi) is 4.64. The summed E-state index contributed by atoms with van der Waals surface area (Å²) in [5.74, 6) is -0.878. The zero-order valence-electron chi connectivity index (χ0n) is 19.4. The fourth-order valence-electron chi connectivity index (χ4n) is 6.59. The van der Waals surface area contributed by atoms with Crippen molar-refractivity contribution in [1.29, 1.82) is 15.8 Å². The van der Waals surface area contributed by atoms with E-state index in [-0.39, 0.29) is 17.1 Å². The number of Topliss-reactive ketones (excluding diaryl/α,β-unsaturated/α-hetero) is 1. The average Bonchev–Trinajstić information content (AvgIpc) is 3.17. The highest BCUT2D eigenvalue weighted by molar-refractivity contribution is 6.22. The summed E-state index contributed by atoms with van der Waals surface area (Å²) in [4.78, 5) is 16.7. The number of ketones is 1. The Morgan fingerprint density at radius 3 is 2.39 bits per heavy atom. The maximum atomic E-state index is 14.5. The predicted molar refractivity (Wildman–Crippen MR) is 134 cm³/mol. The van der Waals surface area contributed by atoms with Gasteiger partial charge in [0, 0.05) is 31.1 Å². The molecule has 6 rings (SSSR count). The normalized spacial score (nSPS) is 24.1. The van der Waals surface area contributed by atoms with Gasteiger partial charge in [-0.05, 0) is 27.5 Å². The molecule has 0 amide bonds. The minimum absolute atomic E-state index is 0.132. The third kappa shape index (κ3) is 2.48. The van der Waals surface area contributed by atoms with E-state index in [0.717, 1.165) is 16.3 Å². The summed E-state index contributed by atoms with van der Waals surface area (Å²) in [7, 11) is 0. The van der Waals surface area contributed by atoms with E-state index in [0.29, 0.717) is 36.3 Å². The van der Waals surface area contributed by atoms with Gasteiger partial charge in [-0.3, -0.25) is 9.69 Å². The van der Waals surface area contributed by atoms with Crippen LogP contribution in [-0.2, 0) is 12.0 Å². The first-order chi connectivity index (χ1) is 17.5. The summed E-state index contributed by atoms with van der Waals surface area (Å²) in [6.45, 7) is 1.60. The molecule has 1 spiro atoms. The number of fused-ring (bicyclic) bond motifs is 3. The number of carbonyl (C=O) groups excluding carboxylic acids is 1. The lowest BCUT2D eigenvalue weighted by Crippen LogP contribution is -2.62. The molecule has 2 atom stereocenters. The second kappa shape index (κ2) is 7.65. The van der Waals surface area contributed by atoms with Crippen molar-refractivity contribution >= 4 is 16.6 Å². The molecular weight excluding hydrogens is 446 g/mol. The van der Waals surface area contributed by atoms with Crippen molar-refractivity contribution in [3.8, 4) is 18.2 Å². The highest BCUT2D eigenvalue weighted by Crippen LogP contribution is 2.63. The van der Waals surface area contributed by atoms with Crippen molar-refractivity contribution in [1.82, 2.24) is 4.90 Å². The van der Waals surface area contributed by atoms with Crippen LogP contribution < -0.4 is 5.73 Å². The molecule has 3 aliphatic rings. The summed E-state index contributed by atoms with van der Waals surface area (Å²) in [5.41, 5.74) is 5.86. The van der Waals surface area contributed by atoms with Gasteiger partial charge in [-0.2, -0.15) is 15.8 Å². The first kappa shape index (κ1) is 21.8. The van der Waals surface area contributed by atoms with Crippen LogP contribution in [0, 0.1) is 45.3 Å². The number of allylic oxidation sites excluding steroid dienone is 2. The van der Waals surface area contributed by atoms with E-state index in [1.165, 1.54) is 0 Å². The molecule has 2 unspecified atom stereocenters. The number of hydrogen-bond donors (Lipinski definition) is 1. The molecule has 0 fully saturated rings. The summed E-state index contributed by atoms with van der Waals surface area (Å²) in [5, 5.41) is 33.0. The van der Waals surface area contributed by atoms with E-state index in [4.69, 9.17) is 5.73 Å². The third-order valence-corrected chi connectivity index (χ3v) is 8.09. The topological polar surface area (TPSA) is 118 Å². The van der Waals surface area contributed by atoms with Crippen LogP contribution in [0.3, 0.4) is 0 Å². The number of rotatable bonds is 2. The Hall–Kier alpha value is -4.70. The average molecular weight is 468 g/mol. The van der Waals surface area contributed by atoms with E-state index in [9.17, 15) is 20.6 Å². The van der Waals surface area contributed by atoms with Crippen molar-refractivity contribution < 1.29 is 4.79 Å². The Morgan fingerprint density at radius 1 is 0.972 bits per heavy atom. The van der Waals surface area contributed by atoms with E-state index < -0.39 is 16.7 Å². The molecule has 6 nitrogen and oxygen atoms in total. The largest absolute Gasteiger partial charge is 0.399 e. The van der Waals surface area contributed by atoms with Gasteiger partial charge in [0.05, 0.1) is 23.4 Å². The van der Waals surface area contributed by atoms with Crippen LogP contribution >= 0.6 is 0 Å². The second-order valence-corrected chi connectivity index (χ2v) is 9.61. The Bertz CT molecular complexity index is 1630. The van der Waals surface area contributed by atoms with Gasteiger partial charge in [0.1, 0.15) is 11.5 Å². The molecule has 0 radical (unpaired) electrons. The maximum absolute atomic E-state index is 14.5. The van der Waals surface area contributed by atoms with Gasteiger partial charge in [-0.1, -0.05) is 72.8 Å². The molecular formula is C30H21N5O. The van der Waals surface area contributed by atoms with Crippen molar-refractivity contribution in [2.24, 2.45) is 17.1 Å². The summed E-state index contributed by atoms with van der Waals surface area (Å²) < 4.78 is 0. The van der Waals surface area contributed by atoms with E-state index >= 15 is 0 Å². The molecule has 0 aromatic heterocycles. The molecule has 0 saturated heterocycles. The van der Waals surface area contributed by atoms with Gasteiger partial charge < -0.3 is 5.73 Å². The minimum Gasteiger partial charge on any atom is -0.399 e. The molecule has 2 aliphatic carbocycles. The van der Waals surface area contributed by atoms with Gasteiger partial charge >= 0.3 is 0 Å². The highest BCUT2D eigenvalue weighted by atomic mass is 16.1. The minimum atomic E-state index is -2.03. The monoisotopic (exact) mass is 467 g/mol. The number of benzene rings is 3. The van der Waals surface area contributed by atoms with Crippen LogP contribution in [0.25, 0.3) is 10.8 Å². The quantitative estimate of drug-likeness (QED) is 0.606. The SMILES string of the molecule is N#CC1=C(N)C(C#N)(C#N)C2(C(=O)c3cccc4cccc2c34)C2CN(Cc3ccccc3)CC=C12. The van der Waals surface area contributed by atoms with Gasteiger partial charge in [-0.25, -0.2) is 0 Å². The zero-order chi connectivity index (χ0) is 25.1. The van der Waals surface area contributed by atoms with Crippen LogP contribution in [0.15, 0.2) is 89.6 Å². The zero-order valence-corrected chi connectivity index (χ0v) is 19.4. The lowest BCUT2D eigenvalue weighted by atomic mass is 9.47. The van der Waals surface area contributed by atoms with Gasteiger partial charge in [-0.15, -0.1) is 0 Å². The Balaban J connectivity index is 1.66. The highest BCUT2D eigenvalue weighted by Gasteiger charge is 2.71. The number of hydrogen-bond acceptors (Lipinski definition) is 6. The fraction of sp³-hybridized carbons (Fsp3) is 0.200. The second-order valence-electron chi connectivity index (χ2n) is 9.61. The van der Waals surface area contributed by atoms with E-state index in [1.807, 2.05) is 66.7 Å². The Morgan fingerprint density at radius 2 is 1.69 bits per heavy atom. The molecule has 36 heavy (non-hydrogen) atoms. The molecule has 0 bridgehead atoms. The van der Waals surface area contributed by atoms with Crippen LogP contribution in [-0.4, -0.2) is 23.8 Å². The van der Waals surface area contributed by atoms with Crippen molar-refractivity contribution in [2.45, 2.75) is 12.0 Å². The third-order valence-electron chi connectivity index (χ3n) is 8.09. The maximum Gasteiger partial charge on any atom is 0.201 e. The first-order valence-electron chi connectivity index (χ1n) is 11.8. The predicted octanol–water partition coefficient (Wildman–Crippen LogP) is 4.12. The lowest BCUT2D eigenvalue weighted by Gasteiger charge is -2.51. The number of nitrogens with zero attached hydrogens (tertiary/aromatic N) is 4. The van der Waals surface area contributed by atoms with Gasteiger partial charge in [0.15, 0.2) is 5.78 Å². The number of carbonyl (C=O) groups is 1. The summed E-state index contributed by atoms with van der Waals surface area (Å²) in [6, 6.07) is 27.6.